The van der Waals surface area contributed by atoms with E-state index >= 15 is 0 Å². The number of hydrogen-bond donors (Lipinski definition) is 1. The number of hydrogen-bond acceptors (Lipinski definition) is 3. The Morgan fingerprint density at radius 2 is 1.66 bits per heavy atom. The molecule has 1 aromatic heterocycles. The van der Waals surface area contributed by atoms with Gasteiger partial charge in [0.2, 0.25) is 0 Å². The molecule has 7 heteroatoms. The Morgan fingerprint density at radius 1 is 1.03 bits per heavy atom. The molecule has 0 bridgehead atoms. The molecule has 1 N–H and O–H groups in total. The zero-order chi connectivity index (χ0) is 21.0. The van der Waals surface area contributed by atoms with Crippen molar-refractivity contribution >= 4 is 5.91 Å². The van der Waals surface area contributed by atoms with E-state index in [-0.39, 0.29) is 18.2 Å². The van der Waals surface area contributed by atoms with Gasteiger partial charge in [0, 0.05) is 12.2 Å². The van der Waals surface area contributed by atoms with Crippen LogP contribution in [0.15, 0.2) is 48.5 Å². The summed E-state index contributed by atoms with van der Waals surface area (Å²) in [5, 5.41) is 7.37. The molecule has 1 heterocycles. The normalized spacial score (nSPS) is 11.0. The molecule has 29 heavy (non-hydrogen) atoms. The third-order valence-corrected chi connectivity index (χ3v) is 4.66. The van der Waals surface area contributed by atoms with Crippen LogP contribution in [0.5, 0.6) is 5.75 Å². The predicted octanol–water partition coefficient (Wildman–Crippen LogP) is 4.39. The summed E-state index contributed by atoms with van der Waals surface area (Å²) in [4.78, 5) is 12.7. The van der Waals surface area contributed by atoms with Crippen LogP contribution in [0.3, 0.4) is 0 Å². The van der Waals surface area contributed by atoms with Crippen molar-refractivity contribution in [1.82, 2.24) is 15.1 Å². The van der Waals surface area contributed by atoms with Gasteiger partial charge in [0.25, 0.3) is 5.91 Å². The minimum absolute atomic E-state index is 0.0825. The number of halogens is 2. The highest BCUT2D eigenvalue weighted by Gasteiger charge is 2.18. The fourth-order valence-corrected chi connectivity index (χ4v) is 3.11. The van der Waals surface area contributed by atoms with Gasteiger partial charge in [-0.3, -0.25) is 9.48 Å². The Bertz CT molecular complexity index is 981. The van der Waals surface area contributed by atoms with Gasteiger partial charge >= 0.3 is 6.61 Å². The molecule has 0 saturated heterocycles. The Kier molecular flexibility index (Phi) is 6.26. The van der Waals surface area contributed by atoms with Crippen molar-refractivity contribution in [2.45, 2.75) is 40.5 Å². The van der Waals surface area contributed by atoms with Gasteiger partial charge in [-0.1, -0.05) is 42.0 Å². The number of carbonyl (C=O) groups excluding carboxylic acids is 1. The first-order chi connectivity index (χ1) is 13.8. The molecular weight excluding hydrogens is 376 g/mol. The second-order valence-corrected chi connectivity index (χ2v) is 6.89. The van der Waals surface area contributed by atoms with Gasteiger partial charge in [0.15, 0.2) is 0 Å². The molecule has 0 spiro atoms. The lowest BCUT2D eigenvalue weighted by Gasteiger charge is -2.08. The van der Waals surface area contributed by atoms with Crippen LogP contribution in [-0.2, 0) is 13.1 Å². The Morgan fingerprint density at radius 3 is 2.28 bits per heavy atom. The van der Waals surface area contributed by atoms with Crippen molar-refractivity contribution in [1.29, 1.82) is 0 Å². The summed E-state index contributed by atoms with van der Waals surface area (Å²) in [6.45, 7) is 3.73. The number of aryl methyl sites for hydroxylation is 2. The second-order valence-electron chi connectivity index (χ2n) is 6.89. The first-order valence-corrected chi connectivity index (χ1v) is 9.25. The van der Waals surface area contributed by atoms with Crippen LogP contribution < -0.4 is 10.1 Å². The third kappa shape index (κ3) is 5.19. The number of alkyl halides is 2. The minimum atomic E-state index is -2.86. The molecule has 0 aliphatic heterocycles. The Balaban J connectivity index is 1.66. The number of ether oxygens (including phenoxy) is 1. The van der Waals surface area contributed by atoms with E-state index in [1.807, 2.05) is 49.7 Å². The predicted molar refractivity (Wildman–Crippen MR) is 106 cm³/mol. The second kappa shape index (κ2) is 8.86. The van der Waals surface area contributed by atoms with E-state index in [2.05, 4.69) is 15.2 Å². The Hall–Kier alpha value is -3.22. The van der Waals surface area contributed by atoms with Crippen LogP contribution >= 0.6 is 0 Å². The minimum Gasteiger partial charge on any atom is -0.435 e. The highest BCUT2D eigenvalue weighted by atomic mass is 19.3. The van der Waals surface area contributed by atoms with Crippen LogP contribution in [0, 0.1) is 20.8 Å². The molecule has 0 saturated carbocycles. The van der Waals surface area contributed by atoms with Crippen LogP contribution in [0.25, 0.3) is 0 Å². The fourth-order valence-electron chi connectivity index (χ4n) is 3.11. The number of nitrogens with zero attached hydrogens (tertiary/aromatic N) is 2. The molecule has 0 radical (unpaired) electrons. The van der Waals surface area contributed by atoms with Gasteiger partial charge in [-0.25, -0.2) is 0 Å². The van der Waals surface area contributed by atoms with Gasteiger partial charge in [0.05, 0.1) is 17.8 Å². The van der Waals surface area contributed by atoms with Crippen molar-refractivity contribution in [3.8, 4) is 5.75 Å². The molecule has 3 rings (SSSR count). The lowest BCUT2D eigenvalue weighted by atomic mass is 10.1. The molecule has 0 aliphatic carbocycles. The molecule has 5 nitrogen and oxygen atoms in total. The molecule has 152 valence electrons. The monoisotopic (exact) mass is 399 g/mol. The van der Waals surface area contributed by atoms with Gasteiger partial charge in [0.1, 0.15) is 5.75 Å². The fraction of sp³-hybridized carbons (Fsp3) is 0.273. The first kappa shape index (κ1) is 20.5. The number of carbonyl (C=O) groups is 1. The van der Waals surface area contributed by atoms with E-state index in [1.165, 1.54) is 17.7 Å². The summed E-state index contributed by atoms with van der Waals surface area (Å²) in [5.41, 5.74) is 5.08. The van der Waals surface area contributed by atoms with Crippen LogP contribution in [0.4, 0.5) is 8.78 Å². The SMILES string of the molecule is Cc1ccc(Cn2nc(C)c(C(=O)NCc3ccc(OC(F)F)cc3)c2C)cc1. The summed E-state index contributed by atoms with van der Waals surface area (Å²) in [7, 11) is 0. The number of nitrogens with one attached hydrogen (secondary N) is 1. The largest absolute Gasteiger partial charge is 0.435 e. The highest BCUT2D eigenvalue weighted by molar-refractivity contribution is 5.96. The van der Waals surface area contributed by atoms with Crippen molar-refractivity contribution < 1.29 is 18.3 Å². The van der Waals surface area contributed by atoms with Gasteiger partial charge in [-0.2, -0.15) is 13.9 Å². The highest BCUT2D eigenvalue weighted by Crippen LogP contribution is 2.17. The van der Waals surface area contributed by atoms with Crippen molar-refractivity contribution in [3.63, 3.8) is 0 Å². The number of amides is 1. The van der Waals surface area contributed by atoms with E-state index < -0.39 is 6.61 Å². The van der Waals surface area contributed by atoms with Crippen molar-refractivity contribution in [3.05, 3.63) is 82.2 Å². The lowest BCUT2D eigenvalue weighted by molar-refractivity contribution is -0.0498. The maximum absolute atomic E-state index is 12.7. The maximum Gasteiger partial charge on any atom is 0.387 e. The van der Waals surface area contributed by atoms with E-state index in [4.69, 9.17) is 0 Å². The van der Waals surface area contributed by atoms with E-state index in [0.717, 1.165) is 16.8 Å². The molecule has 0 unspecified atom stereocenters. The molecule has 1 amide bonds. The first-order valence-electron chi connectivity index (χ1n) is 9.25. The number of rotatable bonds is 7. The van der Waals surface area contributed by atoms with E-state index in [1.54, 1.807) is 12.1 Å². The van der Waals surface area contributed by atoms with E-state index in [0.29, 0.717) is 17.8 Å². The number of benzene rings is 2. The molecule has 0 atom stereocenters. The smallest absolute Gasteiger partial charge is 0.387 e. The summed E-state index contributed by atoms with van der Waals surface area (Å²) in [6.07, 6.45) is 0. The topological polar surface area (TPSA) is 56.2 Å². The molecular formula is C22H23F2N3O2. The van der Waals surface area contributed by atoms with Crippen LogP contribution in [0.1, 0.15) is 38.4 Å². The number of aromatic nitrogens is 2. The lowest BCUT2D eigenvalue weighted by Crippen LogP contribution is -2.24. The van der Waals surface area contributed by atoms with Crippen LogP contribution in [0.2, 0.25) is 0 Å². The average Bonchev–Trinajstić information content (AvgIpc) is 2.95. The van der Waals surface area contributed by atoms with Crippen molar-refractivity contribution in [2.75, 3.05) is 0 Å². The third-order valence-electron chi connectivity index (χ3n) is 4.66. The summed E-state index contributed by atoms with van der Waals surface area (Å²) >= 11 is 0. The van der Waals surface area contributed by atoms with Gasteiger partial charge in [-0.15, -0.1) is 0 Å². The molecule has 0 aliphatic rings. The maximum atomic E-state index is 12.7. The van der Waals surface area contributed by atoms with Crippen LogP contribution in [-0.4, -0.2) is 22.3 Å². The quantitative estimate of drug-likeness (QED) is 0.641. The van der Waals surface area contributed by atoms with Gasteiger partial charge < -0.3 is 10.1 Å². The standard InChI is InChI=1S/C22H23F2N3O2/c1-14-4-6-18(7-5-14)13-27-16(3)20(15(2)26-27)21(28)25-12-17-8-10-19(11-9-17)29-22(23)24/h4-11,22H,12-13H2,1-3H3,(H,25,28). The zero-order valence-corrected chi connectivity index (χ0v) is 16.6. The average molecular weight is 399 g/mol. The van der Waals surface area contributed by atoms with Gasteiger partial charge in [-0.05, 0) is 44.0 Å². The van der Waals surface area contributed by atoms with Crippen molar-refractivity contribution in [2.24, 2.45) is 0 Å². The summed E-state index contributed by atoms with van der Waals surface area (Å²) < 4.78 is 30.6. The summed E-state index contributed by atoms with van der Waals surface area (Å²) in [6, 6.07) is 14.4. The summed E-state index contributed by atoms with van der Waals surface area (Å²) in [5.74, 6) is -0.137. The van der Waals surface area contributed by atoms with E-state index in [9.17, 15) is 13.6 Å². The Labute approximate surface area is 168 Å². The molecule has 0 fully saturated rings. The molecule has 3 aromatic rings. The molecule has 2 aromatic carbocycles. The zero-order valence-electron chi connectivity index (χ0n) is 16.6.